The molecule has 0 unspecified atom stereocenters. The third-order valence-electron chi connectivity index (χ3n) is 1.48. The fourth-order valence-corrected chi connectivity index (χ4v) is 1.89. The second-order valence-corrected chi connectivity index (χ2v) is 4.38. The lowest BCUT2D eigenvalue weighted by Gasteiger charge is -2.10. The Bertz CT molecular complexity index is 251. The fraction of sp³-hybridized carbons (Fsp3) is 0.333. The van der Waals surface area contributed by atoms with Crippen molar-refractivity contribution in [2.24, 2.45) is 0 Å². The van der Waals surface area contributed by atoms with Gasteiger partial charge in [0, 0.05) is 15.8 Å². The molecule has 1 aromatic carbocycles. The third-order valence-corrected chi connectivity index (χ3v) is 2.10. The number of benzene rings is 1. The highest BCUT2D eigenvalue weighted by Gasteiger charge is 1.97. The van der Waals surface area contributed by atoms with Crippen LogP contribution >= 0.6 is 22.6 Å². The lowest BCUT2D eigenvalue weighted by molar-refractivity contribution is 0.402. The number of rotatable bonds is 2. The van der Waals surface area contributed by atoms with Crippen LogP contribution in [0.5, 0.6) is 0 Å². The summed E-state index contributed by atoms with van der Waals surface area (Å²) < 4.78 is 1.20. The second kappa shape index (κ2) is 4.09. The maximum absolute atomic E-state index is 5.71. The van der Waals surface area contributed by atoms with Crippen molar-refractivity contribution in [1.82, 2.24) is 4.90 Å². The highest BCUT2D eigenvalue weighted by atomic mass is 127. The van der Waals surface area contributed by atoms with E-state index in [0.717, 1.165) is 12.2 Å². The van der Waals surface area contributed by atoms with Crippen molar-refractivity contribution in [2.45, 2.75) is 6.54 Å². The molecule has 0 aliphatic rings. The van der Waals surface area contributed by atoms with Gasteiger partial charge in [-0.15, -0.1) is 0 Å². The van der Waals surface area contributed by atoms with E-state index in [0.29, 0.717) is 0 Å². The monoisotopic (exact) mass is 276 g/mol. The van der Waals surface area contributed by atoms with Gasteiger partial charge >= 0.3 is 0 Å². The minimum Gasteiger partial charge on any atom is -0.399 e. The van der Waals surface area contributed by atoms with Crippen LogP contribution in [0.25, 0.3) is 0 Å². The molecule has 2 nitrogen and oxygen atoms in total. The Morgan fingerprint density at radius 3 is 2.50 bits per heavy atom. The lowest BCUT2D eigenvalue weighted by Crippen LogP contribution is -2.10. The molecule has 66 valence electrons. The standard InChI is InChI=1S/C9H13IN2/c1-12(2)6-7-3-8(10)5-9(11)4-7/h3-5H,6,11H2,1-2H3. The van der Waals surface area contributed by atoms with Gasteiger partial charge in [0.25, 0.3) is 0 Å². The highest BCUT2D eigenvalue weighted by molar-refractivity contribution is 14.1. The summed E-state index contributed by atoms with van der Waals surface area (Å²) >= 11 is 2.28. The molecule has 1 rings (SSSR count). The number of nitrogens with zero attached hydrogens (tertiary/aromatic N) is 1. The molecule has 0 saturated carbocycles. The van der Waals surface area contributed by atoms with Crippen LogP contribution < -0.4 is 5.73 Å². The number of nitrogens with two attached hydrogens (primary N) is 1. The van der Waals surface area contributed by atoms with Gasteiger partial charge in [0.05, 0.1) is 0 Å². The zero-order valence-electron chi connectivity index (χ0n) is 7.34. The number of hydrogen-bond acceptors (Lipinski definition) is 2. The average Bonchev–Trinajstić information content (AvgIpc) is 1.81. The van der Waals surface area contributed by atoms with Crippen LogP contribution in [0.3, 0.4) is 0 Å². The van der Waals surface area contributed by atoms with Crippen molar-refractivity contribution < 1.29 is 0 Å². The van der Waals surface area contributed by atoms with E-state index >= 15 is 0 Å². The molecular formula is C9H13IN2. The highest BCUT2D eigenvalue weighted by Crippen LogP contribution is 2.14. The smallest absolute Gasteiger partial charge is 0.0327 e. The van der Waals surface area contributed by atoms with Gasteiger partial charge in [-0.2, -0.15) is 0 Å². The summed E-state index contributed by atoms with van der Waals surface area (Å²) in [5, 5.41) is 0. The van der Waals surface area contributed by atoms with E-state index in [1.165, 1.54) is 9.13 Å². The van der Waals surface area contributed by atoms with Crippen molar-refractivity contribution in [2.75, 3.05) is 19.8 Å². The topological polar surface area (TPSA) is 29.3 Å². The summed E-state index contributed by atoms with van der Waals surface area (Å²) in [5.41, 5.74) is 7.83. The van der Waals surface area contributed by atoms with Crippen LogP contribution in [0, 0.1) is 3.57 Å². The molecule has 0 radical (unpaired) electrons. The molecule has 0 spiro atoms. The van der Waals surface area contributed by atoms with E-state index in [4.69, 9.17) is 5.73 Å². The maximum Gasteiger partial charge on any atom is 0.0327 e. The number of anilines is 1. The van der Waals surface area contributed by atoms with Crippen LogP contribution in [-0.4, -0.2) is 19.0 Å². The van der Waals surface area contributed by atoms with E-state index in [2.05, 4.69) is 47.7 Å². The van der Waals surface area contributed by atoms with Gasteiger partial charge in [0.1, 0.15) is 0 Å². The van der Waals surface area contributed by atoms with Crippen LogP contribution in [0.1, 0.15) is 5.56 Å². The summed E-state index contributed by atoms with van der Waals surface area (Å²) in [7, 11) is 4.10. The van der Waals surface area contributed by atoms with Gasteiger partial charge in [-0.1, -0.05) is 0 Å². The van der Waals surface area contributed by atoms with Crippen LogP contribution in [0.15, 0.2) is 18.2 Å². The van der Waals surface area contributed by atoms with Gasteiger partial charge in [-0.3, -0.25) is 0 Å². The van der Waals surface area contributed by atoms with Gasteiger partial charge in [-0.25, -0.2) is 0 Å². The molecule has 1 aromatic rings. The SMILES string of the molecule is CN(C)Cc1cc(N)cc(I)c1. The van der Waals surface area contributed by atoms with Crippen LogP contribution in [0.4, 0.5) is 5.69 Å². The molecule has 0 saturated heterocycles. The van der Waals surface area contributed by atoms with Gasteiger partial charge in [0.2, 0.25) is 0 Å². The summed E-state index contributed by atoms with van der Waals surface area (Å²) in [6, 6.07) is 6.14. The third kappa shape index (κ3) is 2.98. The van der Waals surface area contributed by atoms with Crippen molar-refractivity contribution >= 4 is 28.3 Å². The summed E-state index contributed by atoms with van der Waals surface area (Å²) in [6.45, 7) is 0.945. The molecule has 0 heterocycles. The van der Waals surface area contributed by atoms with Gasteiger partial charge in [0.15, 0.2) is 0 Å². The Kier molecular flexibility index (Phi) is 3.34. The van der Waals surface area contributed by atoms with E-state index < -0.39 is 0 Å². The molecule has 0 bridgehead atoms. The molecule has 0 atom stereocenters. The summed E-state index contributed by atoms with van der Waals surface area (Å²) in [6.07, 6.45) is 0. The first kappa shape index (κ1) is 9.80. The Balaban J connectivity index is 2.85. The number of halogens is 1. The van der Waals surface area contributed by atoms with Crippen LogP contribution in [-0.2, 0) is 6.54 Å². The molecule has 3 heteroatoms. The zero-order chi connectivity index (χ0) is 9.14. The summed E-state index contributed by atoms with van der Waals surface area (Å²) in [5.74, 6) is 0. The predicted molar refractivity (Wildman–Crippen MR) is 61.0 cm³/mol. The Hall–Kier alpha value is -0.290. The van der Waals surface area contributed by atoms with E-state index in [1.807, 2.05) is 12.1 Å². The van der Waals surface area contributed by atoms with Gasteiger partial charge in [-0.05, 0) is 60.4 Å². The molecule has 0 fully saturated rings. The van der Waals surface area contributed by atoms with Crippen molar-refractivity contribution in [3.8, 4) is 0 Å². The van der Waals surface area contributed by atoms with E-state index in [9.17, 15) is 0 Å². The molecule has 0 aromatic heterocycles. The second-order valence-electron chi connectivity index (χ2n) is 3.13. The van der Waals surface area contributed by atoms with Crippen molar-refractivity contribution in [3.05, 3.63) is 27.3 Å². The first-order chi connectivity index (χ1) is 5.58. The first-order valence-corrected chi connectivity index (χ1v) is 4.85. The predicted octanol–water partition coefficient (Wildman–Crippen LogP) is 1.94. The number of nitrogen functional groups attached to an aromatic ring is 1. The first-order valence-electron chi connectivity index (χ1n) is 3.77. The Labute approximate surface area is 86.9 Å². The molecule has 0 amide bonds. The zero-order valence-corrected chi connectivity index (χ0v) is 9.50. The van der Waals surface area contributed by atoms with E-state index in [-0.39, 0.29) is 0 Å². The maximum atomic E-state index is 5.71. The summed E-state index contributed by atoms with van der Waals surface area (Å²) in [4.78, 5) is 2.13. The molecule has 0 aliphatic carbocycles. The normalized spacial score (nSPS) is 10.7. The minimum atomic E-state index is 0.846. The largest absolute Gasteiger partial charge is 0.399 e. The quantitative estimate of drug-likeness (QED) is 0.660. The molecule has 2 N–H and O–H groups in total. The van der Waals surface area contributed by atoms with Gasteiger partial charge < -0.3 is 10.6 Å². The number of hydrogen-bond donors (Lipinski definition) is 1. The fourth-order valence-electron chi connectivity index (χ4n) is 1.13. The molecule has 12 heavy (non-hydrogen) atoms. The minimum absolute atomic E-state index is 0.846. The van der Waals surface area contributed by atoms with Crippen molar-refractivity contribution in [1.29, 1.82) is 0 Å². The van der Waals surface area contributed by atoms with Crippen LogP contribution in [0.2, 0.25) is 0 Å². The molecule has 0 aliphatic heterocycles. The lowest BCUT2D eigenvalue weighted by atomic mass is 10.2. The van der Waals surface area contributed by atoms with E-state index in [1.54, 1.807) is 0 Å². The average molecular weight is 276 g/mol. The molecular weight excluding hydrogens is 263 g/mol. The van der Waals surface area contributed by atoms with Crippen molar-refractivity contribution in [3.63, 3.8) is 0 Å². The Morgan fingerprint density at radius 1 is 1.33 bits per heavy atom. The Morgan fingerprint density at radius 2 is 2.00 bits per heavy atom.